The molecule has 2 amide bonds. The van der Waals surface area contributed by atoms with E-state index in [1.54, 1.807) is 43.5 Å². The van der Waals surface area contributed by atoms with Crippen molar-refractivity contribution in [3.63, 3.8) is 0 Å². The minimum Gasteiger partial charge on any atom is -0.497 e. The van der Waals surface area contributed by atoms with Gasteiger partial charge in [0.2, 0.25) is 5.13 Å². The Labute approximate surface area is 164 Å². The quantitative estimate of drug-likeness (QED) is 0.616. The molecule has 0 bridgehead atoms. The summed E-state index contributed by atoms with van der Waals surface area (Å²) < 4.78 is 5.07. The molecule has 0 radical (unpaired) electrons. The number of rotatable bonds is 5. The lowest BCUT2D eigenvalue weighted by molar-refractivity contribution is 0.262. The Kier molecular flexibility index (Phi) is 5.92. The summed E-state index contributed by atoms with van der Waals surface area (Å²) in [5.41, 5.74) is 1.61. The Morgan fingerprint density at radius 3 is 2.54 bits per heavy atom. The molecule has 1 heterocycles. The first kappa shape index (κ1) is 18.4. The number of aromatic nitrogens is 2. The van der Waals surface area contributed by atoms with Crippen molar-refractivity contribution in [3.8, 4) is 5.75 Å². The molecule has 0 saturated heterocycles. The van der Waals surface area contributed by atoms with E-state index in [4.69, 9.17) is 27.9 Å². The second-order valence-electron chi connectivity index (χ2n) is 5.23. The molecule has 0 saturated carbocycles. The molecule has 0 fully saturated rings. The van der Waals surface area contributed by atoms with Gasteiger partial charge in [0.25, 0.3) is 0 Å². The molecule has 0 spiro atoms. The van der Waals surface area contributed by atoms with Gasteiger partial charge in [-0.3, -0.25) is 5.32 Å². The number of anilines is 2. The van der Waals surface area contributed by atoms with Crippen LogP contribution < -0.4 is 15.4 Å². The summed E-state index contributed by atoms with van der Waals surface area (Å²) in [5, 5.41) is 15.6. The summed E-state index contributed by atoms with van der Waals surface area (Å²) in [5.74, 6) is 0.715. The van der Waals surface area contributed by atoms with E-state index in [9.17, 15) is 4.79 Å². The first-order valence-corrected chi connectivity index (χ1v) is 9.09. The number of nitrogens with zero attached hydrogens (tertiary/aromatic N) is 2. The van der Waals surface area contributed by atoms with E-state index in [1.807, 2.05) is 6.07 Å². The molecule has 0 aliphatic carbocycles. The van der Waals surface area contributed by atoms with E-state index >= 15 is 0 Å². The lowest BCUT2D eigenvalue weighted by atomic mass is 10.2. The molecule has 0 aliphatic heterocycles. The highest BCUT2D eigenvalue weighted by Gasteiger charge is 2.10. The van der Waals surface area contributed by atoms with Gasteiger partial charge < -0.3 is 10.1 Å². The fraction of sp³-hybridized carbons (Fsp3) is 0.118. The highest BCUT2D eigenvalue weighted by molar-refractivity contribution is 7.15. The Balaban J connectivity index is 1.58. The zero-order chi connectivity index (χ0) is 18.5. The summed E-state index contributed by atoms with van der Waals surface area (Å²) in [6, 6.07) is 12.0. The molecule has 0 atom stereocenters. The van der Waals surface area contributed by atoms with Crippen LogP contribution in [0.2, 0.25) is 10.0 Å². The highest BCUT2D eigenvalue weighted by Crippen LogP contribution is 2.25. The SMILES string of the molecule is COc1ccc(NC(=O)Nc2nnc(Cc3ccc(Cl)c(Cl)c3)s2)cc1. The maximum absolute atomic E-state index is 12.0. The van der Waals surface area contributed by atoms with Crippen LogP contribution >= 0.6 is 34.5 Å². The van der Waals surface area contributed by atoms with Gasteiger partial charge in [0.05, 0.1) is 17.2 Å². The minimum absolute atomic E-state index is 0.396. The van der Waals surface area contributed by atoms with E-state index in [0.29, 0.717) is 33.0 Å². The number of hydrogen-bond acceptors (Lipinski definition) is 5. The monoisotopic (exact) mass is 408 g/mol. The number of halogens is 2. The van der Waals surface area contributed by atoms with Crippen LogP contribution in [0.15, 0.2) is 42.5 Å². The fourth-order valence-corrected chi connectivity index (χ4v) is 3.22. The number of ether oxygens (including phenoxy) is 1. The summed E-state index contributed by atoms with van der Waals surface area (Å²) in [6.07, 6.45) is 0.552. The van der Waals surface area contributed by atoms with Crippen LogP contribution in [0.1, 0.15) is 10.6 Å². The third kappa shape index (κ3) is 4.85. The molecule has 26 heavy (non-hydrogen) atoms. The molecule has 9 heteroatoms. The summed E-state index contributed by atoms with van der Waals surface area (Å²) in [4.78, 5) is 12.0. The number of amides is 2. The molecule has 6 nitrogen and oxygen atoms in total. The summed E-state index contributed by atoms with van der Waals surface area (Å²) in [6.45, 7) is 0. The molecule has 2 aromatic carbocycles. The Morgan fingerprint density at radius 1 is 1.08 bits per heavy atom. The van der Waals surface area contributed by atoms with Crippen LogP contribution in [-0.4, -0.2) is 23.3 Å². The van der Waals surface area contributed by atoms with Crippen LogP contribution in [0.5, 0.6) is 5.75 Å². The second-order valence-corrected chi connectivity index (χ2v) is 7.11. The van der Waals surface area contributed by atoms with Gasteiger partial charge in [-0.25, -0.2) is 4.79 Å². The van der Waals surface area contributed by atoms with Gasteiger partial charge in [-0.2, -0.15) is 0 Å². The van der Waals surface area contributed by atoms with E-state index in [0.717, 1.165) is 10.6 Å². The predicted octanol–water partition coefficient (Wildman–Crippen LogP) is 5.09. The second kappa shape index (κ2) is 8.35. The minimum atomic E-state index is -0.396. The number of urea groups is 1. The maximum Gasteiger partial charge on any atom is 0.325 e. The topological polar surface area (TPSA) is 76.1 Å². The molecular formula is C17H14Cl2N4O2S. The number of carbonyl (C=O) groups is 1. The predicted molar refractivity (Wildman–Crippen MR) is 105 cm³/mol. The van der Waals surface area contributed by atoms with Crippen LogP contribution in [0, 0.1) is 0 Å². The van der Waals surface area contributed by atoms with E-state index in [2.05, 4.69) is 20.8 Å². The van der Waals surface area contributed by atoms with E-state index in [1.165, 1.54) is 11.3 Å². The van der Waals surface area contributed by atoms with Gasteiger partial charge in [-0.15, -0.1) is 10.2 Å². The van der Waals surface area contributed by atoms with Crippen molar-refractivity contribution in [1.29, 1.82) is 0 Å². The smallest absolute Gasteiger partial charge is 0.325 e. The average molecular weight is 409 g/mol. The van der Waals surface area contributed by atoms with Crippen LogP contribution in [0.4, 0.5) is 15.6 Å². The molecule has 3 rings (SSSR count). The van der Waals surface area contributed by atoms with E-state index < -0.39 is 6.03 Å². The first-order chi connectivity index (χ1) is 12.5. The van der Waals surface area contributed by atoms with Crippen molar-refractivity contribution in [3.05, 3.63) is 63.1 Å². The van der Waals surface area contributed by atoms with Gasteiger partial charge in [-0.1, -0.05) is 40.6 Å². The van der Waals surface area contributed by atoms with Crippen molar-refractivity contribution in [2.75, 3.05) is 17.7 Å². The Morgan fingerprint density at radius 2 is 1.85 bits per heavy atom. The number of nitrogens with one attached hydrogen (secondary N) is 2. The molecule has 134 valence electrons. The normalized spacial score (nSPS) is 10.4. The zero-order valence-electron chi connectivity index (χ0n) is 13.6. The fourth-order valence-electron chi connectivity index (χ4n) is 2.13. The van der Waals surface area contributed by atoms with Crippen LogP contribution in [0.3, 0.4) is 0 Å². The summed E-state index contributed by atoms with van der Waals surface area (Å²) >= 11 is 13.2. The third-order valence-electron chi connectivity index (χ3n) is 3.37. The van der Waals surface area contributed by atoms with Gasteiger partial charge in [-0.05, 0) is 42.0 Å². The van der Waals surface area contributed by atoms with Crippen molar-refractivity contribution in [2.45, 2.75) is 6.42 Å². The number of benzene rings is 2. The van der Waals surface area contributed by atoms with E-state index in [-0.39, 0.29) is 0 Å². The molecule has 3 aromatic rings. The average Bonchev–Trinajstić information content (AvgIpc) is 3.05. The maximum atomic E-state index is 12.0. The molecule has 2 N–H and O–H groups in total. The molecule has 0 unspecified atom stereocenters. The van der Waals surface area contributed by atoms with Crippen molar-refractivity contribution in [1.82, 2.24) is 10.2 Å². The number of methoxy groups -OCH3 is 1. The van der Waals surface area contributed by atoms with Crippen LogP contribution in [0.25, 0.3) is 0 Å². The number of hydrogen-bond donors (Lipinski definition) is 2. The first-order valence-electron chi connectivity index (χ1n) is 7.52. The van der Waals surface area contributed by atoms with Crippen LogP contribution in [-0.2, 0) is 6.42 Å². The van der Waals surface area contributed by atoms with Gasteiger partial charge >= 0.3 is 6.03 Å². The zero-order valence-corrected chi connectivity index (χ0v) is 16.0. The van der Waals surface area contributed by atoms with Gasteiger partial charge in [0.15, 0.2) is 0 Å². The van der Waals surface area contributed by atoms with Crippen molar-refractivity contribution < 1.29 is 9.53 Å². The number of carbonyl (C=O) groups excluding carboxylic acids is 1. The third-order valence-corrected chi connectivity index (χ3v) is 4.95. The molecule has 0 aliphatic rings. The Hall–Kier alpha value is -2.35. The van der Waals surface area contributed by atoms with Gasteiger partial charge in [0, 0.05) is 12.1 Å². The van der Waals surface area contributed by atoms with Gasteiger partial charge in [0.1, 0.15) is 10.8 Å². The lowest BCUT2D eigenvalue weighted by Gasteiger charge is -2.05. The molecular weight excluding hydrogens is 395 g/mol. The van der Waals surface area contributed by atoms with Crippen molar-refractivity contribution in [2.24, 2.45) is 0 Å². The Bertz CT molecular complexity index is 915. The summed E-state index contributed by atoms with van der Waals surface area (Å²) in [7, 11) is 1.58. The van der Waals surface area contributed by atoms with Crippen molar-refractivity contribution >= 4 is 51.4 Å². The highest BCUT2D eigenvalue weighted by atomic mass is 35.5. The largest absolute Gasteiger partial charge is 0.497 e. The lowest BCUT2D eigenvalue weighted by Crippen LogP contribution is -2.19. The standard InChI is InChI=1S/C17H14Cl2N4O2S/c1-25-12-5-3-11(4-6-12)20-16(24)21-17-23-22-15(26-17)9-10-2-7-13(18)14(19)8-10/h2-8H,9H2,1H3,(H2,20,21,23,24). The molecule has 1 aromatic heterocycles.